The summed E-state index contributed by atoms with van der Waals surface area (Å²) in [6.45, 7) is 5.88. The first-order valence-electron chi connectivity index (χ1n) is 7.68. The first kappa shape index (κ1) is 16.3. The Kier molecular flexibility index (Phi) is 5.65. The van der Waals surface area contributed by atoms with Crippen LogP contribution in [-0.4, -0.2) is 38.2 Å². The number of ether oxygens (including phenoxy) is 1. The zero-order valence-corrected chi connectivity index (χ0v) is 13.7. The summed E-state index contributed by atoms with van der Waals surface area (Å²) in [6.07, 6.45) is 2.45. The minimum Gasteiger partial charge on any atom is -0.493 e. The molecule has 118 valence electrons. The Morgan fingerprint density at radius 3 is 2.62 bits per heavy atom. The standard InChI is InChI=1S/C16H25NO3S/c1-3-11-21(18,19)17-9-7-15(8-10-17)13-20-16-6-4-5-14(2)12-16/h4-6,12,15H,3,7-11,13H2,1-2H3. The van der Waals surface area contributed by atoms with Crippen LogP contribution in [0.2, 0.25) is 0 Å². The van der Waals surface area contributed by atoms with Crippen LogP contribution in [0.25, 0.3) is 0 Å². The number of nitrogens with zero attached hydrogens (tertiary/aromatic N) is 1. The van der Waals surface area contributed by atoms with Crippen molar-refractivity contribution in [2.24, 2.45) is 5.92 Å². The van der Waals surface area contributed by atoms with Gasteiger partial charge in [0.2, 0.25) is 10.0 Å². The fourth-order valence-corrected chi connectivity index (χ4v) is 4.20. The molecule has 1 aliphatic heterocycles. The molecule has 1 fully saturated rings. The highest BCUT2D eigenvalue weighted by Crippen LogP contribution is 2.22. The number of aryl methyl sites for hydroxylation is 1. The smallest absolute Gasteiger partial charge is 0.214 e. The third-order valence-corrected chi connectivity index (χ3v) is 5.98. The van der Waals surface area contributed by atoms with E-state index in [2.05, 4.69) is 0 Å². The van der Waals surface area contributed by atoms with Crippen molar-refractivity contribution in [2.45, 2.75) is 33.1 Å². The minimum atomic E-state index is -3.04. The van der Waals surface area contributed by atoms with E-state index in [9.17, 15) is 8.42 Å². The quantitative estimate of drug-likeness (QED) is 0.811. The third kappa shape index (κ3) is 4.71. The Morgan fingerprint density at radius 1 is 1.29 bits per heavy atom. The van der Waals surface area contributed by atoms with E-state index in [1.807, 2.05) is 38.1 Å². The lowest BCUT2D eigenvalue weighted by Crippen LogP contribution is -2.40. The molecule has 0 amide bonds. The minimum absolute atomic E-state index is 0.261. The SMILES string of the molecule is CCCS(=O)(=O)N1CCC(COc2cccc(C)c2)CC1. The number of hydrogen-bond donors (Lipinski definition) is 0. The van der Waals surface area contributed by atoms with Crippen molar-refractivity contribution in [2.75, 3.05) is 25.4 Å². The van der Waals surface area contributed by atoms with Crippen molar-refractivity contribution < 1.29 is 13.2 Å². The average Bonchev–Trinajstić information content (AvgIpc) is 2.46. The Morgan fingerprint density at radius 2 is 2.00 bits per heavy atom. The largest absolute Gasteiger partial charge is 0.493 e. The zero-order valence-electron chi connectivity index (χ0n) is 12.9. The number of sulfonamides is 1. The van der Waals surface area contributed by atoms with Gasteiger partial charge in [-0.2, -0.15) is 0 Å². The molecule has 21 heavy (non-hydrogen) atoms. The van der Waals surface area contributed by atoms with Gasteiger partial charge in [-0.1, -0.05) is 19.1 Å². The Labute approximate surface area is 128 Å². The van der Waals surface area contributed by atoms with Crippen LogP contribution < -0.4 is 4.74 Å². The van der Waals surface area contributed by atoms with Crippen molar-refractivity contribution >= 4 is 10.0 Å². The number of rotatable bonds is 6. The summed E-state index contributed by atoms with van der Waals surface area (Å²) >= 11 is 0. The molecule has 0 aromatic heterocycles. The van der Waals surface area contributed by atoms with Gasteiger partial charge in [-0.05, 0) is 49.8 Å². The van der Waals surface area contributed by atoms with Gasteiger partial charge in [0.05, 0.1) is 12.4 Å². The first-order valence-corrected chi connectivity index (χ1v) is 9.29. The second-order valence-electron chi connectivity index (χ2n) is 5.79. The van der Waals surface area contributed by atoms with Gasteiger partial charge in [0, 0.05) is 13.1 Å². The van der Waals surface area contributed by atoms with Crippen LogP contribution in [0.1, 0.15) is 31.7 Å². The molecular weight excluding hydrogens is 286 g/mol. The van der Waals surface area contributed by atoms with E-state index in [0.29, 0.717) is 32.0 Å². The maximum Gasteiger partial charge on any atom is 0.214 e. The average molecular weight is 311 g/mol. The van der Waals surface area contributed by atoms with Crippen LogP contribution in [0.4, 0.5) is 0 Å². The molecule has 1 aromatic rings. The number of hydrogen-bond acceptors (Lipinski definition) is 3. The van der Waals surface area contributed by atoms with Gasteiger partial charge < -0.3 is 4.74 Å². The second kappa shape index (κ2) is 7.27. The highest BCUT2D eigenvalue weighted by atomic mass is 32.2. The summed E-state index contributed by atoms with van der Waals surface area (Å²) in [5, 5.41) is 0. The predicted octanol–water partition coefficient (Wildman–Crippen LogP) is 2.83. The van der Waals surface area contributed by atoms with Gasteiger partial charge in [-0.15, -0.1) is 0 Å². The van der Waals surface area contributed by atoms with Gasteiger partial charge in [0.15, 0.2) is 0 Å². The van der Waals surface area contributed by atoms with E-state index in [-0.39, 0.29) is 5.75 Å². The molecule has 0 atom stereocenters. The van der Waals surface area contributed by atoms with Gasteiger partial charge in [0.1, 0.15) is 5.75 Å². The maximum atomic E-state index is 12.0. The van der Waals surface area contributed by atoms with Crippen LogP contribution >= 0.6 is 0 Å². The Bertz CT molecular complexity index is 548. The Balaban J connectivity index is 1.79. The second-order valence-corrected chi connectivity index (χ2v) is 7.87. The fraction of sp³-hybridized carbons (Fsp3) is 0.625. The molecule has 0 spiro atoms. The predicted molar refractivity (Wildman–Crippen MR) is 85.0 cm³/mol. The summed E-state index contributed by atoms with van der Waals surface area (Å²) < 4.78 is 31.5. The lowest BCUT2D eigenvalue weighted by atomic mass is 9.99. The van der Waals surface area contributed by atoms with Gasteiger partial charge in [-0.3, -0.25) is 0 Å². The monoisotopic (exact) mass is 311 g/mol. The summed E-state index contributed by atoms with van der Waals surface area (Å²) in [5.41, 5.74) is 1.19. The van der Waals surface area contributed by atoms with Crippen molar-refractivity contribution in [1.29, 1.82) is 0 Å². The molecule has 5 heteroatoms. The number of benzene rings is 1. The molecule has 0 radical (unpaired) electrons. The van der Waals surface area contributed by atoms with Crippen molar-refractivity contribution in [3.63, 3.8) is 0 Å². The summed E-state index contributed by atoms with van der Waals surface area (Å²) in [6, 6.07) is 8.03. The lowest BCUT2D eigenvalue weighted by Gasteiger charge is -2.31. The van der Waals surface area contributed by atoms with Crippen molar-refractivity contribution in [3.05, 3.63) is 29.8 Å². The summed E-state index contributed by atoms with van der Waals surface area (Å²) in [5.74, 6) is 1.60. The van der Waals surface area contributed by atoms with Crippen LogP contribution in [0.5, 0.6) is 5.75 Å². The van der Waals surface area contributed by atoms with Crippen molar-refractivity contribution in [1.82, 2.24) is 4.31 Å². The molecule has 0 saturated carbocycles. The van der Waals surface area contributed by atoms with Crippen LogP contribution in [0, 0.1) is 12.8 Å². The molecule has 1 heterocycles. The molecule has 1 saturated heterocycles. The van der Waals surface area contributed by atoms with Crippen LogP contribution in [0.3, 0.4) is 0 Å². The van der Waals surface area contributed by atoms with Gasteiger partial charge in [0.25, 0.3) is 0 Å². The molecule has 1 aliphatic rings. The highest BCUT2D eigenvalue weighted by molar-refractivity contribution is 7.89. The van der Waals surface area contributed by atoms with Crippen molar-refractivity contribution in [3.8, 4) is 5.75 Å². The first-order chi connectivity index (χ1) is 10.0. The lowest BCUT2D eigenvalue weighted by molar-refractivity contribution is 0.185. The summed E-state index contributed by atoms with van der Waals surface area (Å²) in [4.78, 5) is 0. The molecule has 2 rings (SSSR count). The van der Waals surface area contributed by atoms with E-state index in [1.54, 1.807) is 4.31 Å². The molecule has 4 nitrogen and oxygen atoms in total. The molecule has 0 unspecified atom stereocenters. The molecule has 0 aliphatic carbocycles. The van der Waals surface area contributed by atoms with E-state index < -0.39 is 10.0 Å². The van der Waals surface area contributed by atoms with E-state index in [4.69, 9.17) is 4.74 Å². The molecule has 0 N–H and O–H groups in total. The normalized spacial score (nSPS) is 17.8. The fourth-order valence-electron chi connectivity index (χ4n) is 2.66. The summed E-state index contributed by atoms with van der Waals surface area (Å²) in [7, 11) is -3.04. The molecular formula is C16H25NO3S. The topological polar surface area (TPSA) is 46.6 Å². The van der Waals surface area contributed by atoms with E-state index in [1.165, 1.54) is 5.56 Å². The van der Waals surface area contributed by atoms with Crippen LogP contribution in [-0.2, 0) is 10.0 Å². The third-order valence-electron chi connectivity index (χ3n) is 3.90. The van der Waals surface area contributed by atoms with E-state index >= 15 is 0 Å². The van der Waals surface area contributed by atoms with Gasteiger partial charge in [-0.25, -0.2) is 12.7 Å². The van der Waals surface area contributed by atoms with E-state index in [0.717, 1.165) is 18.6 Å². The number of piperidine rings is 1. The Hall–Kier alpha value is -1.07. The molecule has 0 bridgehead atoms. The molecule has 1 aromatic carbocycles. The highest BCUT2D eigenvalue weighted by Gasteiger charge is 2.27. The zero-order chi connectivity index (χ0) is 15.3. The van der Waals surface area contributed by atoms with Gasteiger partial charge >= 0.3 is 0 Å². The maximum absolute atomic E-state index is 12.0. The van der Waals surface area contributed by atoms with Crippen LogP contribution in [0.15, 0.2) is 24.3 Å².